The first-order valence-corrected chi connectivity index (χ1v) is 5.53. The molecule has 1 heterocycles. The minimum absolute atomic E-state index is 0.274. The number of hydrogen-bond acceptors (Lipinski definition) is 4. The molecule has 0 amide bonds. The largest absolute Gasteiger partial charge is 0.411 e. The lowest BCUT2D eigenvalue weighted by Gasteiger charge is -2.29. The van der Waals surface area contributed by atoms with E-state index in [9.17, 15) is 4.39 Å². The molecule has 4 nitrogen and oxygen atoms in total. The summed E-state index contributed by atoms with van der Waals surface area (Å²) in [4.78, 5) is 2.07. The van der Waals surface area contributed by atoms with Crippen LogP contribution in [0.3, 0.4) is 0 Å². The van der Waals surface area contributed by atoms with Gasteiger partial charge in [-0.05, 0) is 25.1 Å². The summed E-state index contributed by atoms with van der Waals surface area (Å²) in [6.45, 7) is 4.44. The van der Waals surface area contributed by atoms with Gasteiger partial charge < -0.3 is 14.8 Å². The molecular formula is C12H15FN2O2. The molecule has 1 aliphatic rings. The molecule has 0 atom stereocenters. The van der Waals surface area contributed by atoms with Crippen LogP contribution in [-0.4, -0.2) is 37.2 Å². The summed E-state index contributed by atoms with van der Waals surface area (Å²) < 4.78 is 19.0. The quantitative estimate of drug-likeness (QED) is 0.486. The molecule has 2 rings (SSSR count). The van der Waals surface area contributed by atoms with Crippen molar-refractivity contribution >= 4 is 11.4 Å². The molecule has 0 spiro atoms. The van der Waals surface area contributed by atoms with Crippen LogP contribution in [0.1, 0.15) is 12.5 Å². The highest BCUT2D eigenvalue weighted by Crippen LogP contribution is 2.20. The van der Waals surface area contributed by atoms with E-state index >= 15 is 0 Å². The third-order valence-electron chi connectivity index (χ3n) is 2.87. The highest BCUT2D eigenvalue weighted by molar-refractivity contribution is 5.98. The highest BCUT2D eigenvalue weighted by atomic mass is 19.1. The van der Waals surface area contributed by atoms with E-state index in [1.54, 1.807) is 13.0 Å². The Kier molecular flexibility index (Phi) is 3.58. The summed E-state index contributed by atoms with van der Waals surface area (Å²) in [7, 11) is 0. The number of nitrogens with zero attached hydrogens (tertiary/aromatic N) is 2. The van der Waals surface area contributed by atoms with Gasteiger partial charge in [-0.15, -0.1) is 0 Å². The zero-order valence-electron chi connectivity index (χ0n) is 9.69. The molecule has 5 heteroatoms. The number of benzene rings is 1. The lowest BCUT2D eigenvalue weighted by molar-refractivity contribution is 0.122. The molecule has 17 heavy (non-hydrogen) atoms. The number of ether oxygens (including phenoxy) is 1. The Morgan fingerprint density at radius 2 is 2.12 bits per heavy atom. The topological polar surface area (TPSA) is 45.1 Å². The molecule has 92 valence electrons. The summed E-state index contributed by atoms with van der Waals surface area (Å²) in [5, 5.41) is 11.6. The van der Waals surface area contributed by atoms with Gasteiger partial charge in [0.1, 0.15) is 5.82 Å². The fourth-order valence-electron chi connectivity index (χ4n) is 1.87. The van der Waals surface area contributed by atoms with E-state index in [1.165, 1.54) is 6.07 Å². The zero-order chi connectivity index (χ0) is 12.3. The number of oxime groups is 1. The minimum atomic E-state index is -0.371. The first kappa shape index (κ1) is 11.9. The van der Waals surface area contributed by atoms with E-state index in [4.69, 9.17) is 9.94 Å². The zero-order valence-corrected chi connectivity index (χ0v) is 9.69. The predicted molar refractivity (Wildman–Crippen MR) is 63.4 cm³/mol. The Hall–Kier alpha value is -1.62. The standard InChI is InChI=1S/C12H15FN2O2/c1-9(14-16)11-3-2-10(8-12(11)13)15-4-6-17-7-5-15/h2-3,8,16H,4-7H2,1H3. The smallest absolute Gasteiger partial charge is 0.134 e. The lowest BCUT2D eigenvalue weighted by Crippen LogP contribution is -2.36. The second-order valence-electron chi connectivity index (χ2n) is 3.95. The Morgan fingerprint density at radius 1 is 1.41 bits per heavy atom. The molecule has 0 aliphatic carbocycles. The molecule has 1 saturated heterocycles. The Labute approximate surface area is 99.3 Å². The molecule has 1 aliphatic heterocycles. The van der Waals surface area contributed by atoms with Gasteiger partial charge in [0, 0.05) is 24.3 Å². The maximum absolute atomic E-state index is 13.8. The molecular weight excluding hydrogens is 223 g/mol. The maximum atomic E-state index is 13.8. The fourth-order valence-corrected chi connectivity index (χ4v) is 1.87. The Morgan fingerprint density at radius 3 is 2.71 bits per heavy atom. The first-order chi connectivity index (χ1) is 8.22. The van der Waals surface area contributed by atoms with Crippen LogP contribution in [0.2, 0.25) is 0 Å². The van der Waals surface area contributed by atoms with Gasteiger partial charge in [-0.3, -0.25) is 0 Å². The van der Waals surface area contributed by atoms with Gasteiger partial charge in [-0.2, -0.15) is 0 Å². The van der Waals surface area contributed by atoms with Crippen molar-refractivity contribution in [2.24, 2.45) is 5.16 Å². The SMILES string of the molecule is CC(=NO)c1ccc(N2CCOCC2)cc1F. The Balaban J connectivity index is 2.23. The van der Waals surface area contributed by atoms with E-state index in [1.807, 2.05) is 6.07 Å². The van der Waals surface area contributed by atoms with E-state index < -0.39 is 0 Å². The van der Waals surface area contributed by atoms with Crippen LogP contribution in [0.4, 0.5) is 10.1 Å². The van der Waals surface area contributed by atoms with Crippen molar-refractivity contribution in [1.29, 1.82) is 0 Å². The molecule has 1 N–H and O–H groups in total. The van der Waals surface area contributed by atoms with Crippen molar-refractivity contribution in [2.75, 3.05) is 31.2 Å². The van der Waals surface area contributed by atoms with Crippen molar-refractivity contribution in [1.82, 2.24) is 0 Å². The normalized spacial score (nSPS) is 17.3. The van der Waals surface area contributed by atoms with E-state index in [0.29, 0.717) is 18.8 Å². The summed E-state index contributed by atoms with van der Waals surface area (Å²) >= 11 is 0. The number of halogens is 1. The van der Waals surface area contributed by atoms with Crippen LogP contribution in [0, 0.1) is 5.82 Å². The third-order valence-corrected chi connectivity index (χ3v) is 2.87. The van der Waals surface area contributed by atoms with E-state index in [2.05, 4.69) is 10.1 Å². The maximum Gasteiger partial charge on any atom is 0.134 e. The van der Waals surface area contributed by atoms with Gasteiger partial charge in [0.15, 0.2) is 0 Å². The van der Waals surface area contributed by atoms with Gasteiger partial charge in [0.05, 0.1) is 18.9 Å². The van der Waals surface area contributed by atoms with Crippen LogP contribution in [-0.2, 0) is 4.74 Å². The molecule has 0 bridgehead atoms. The number of anilines is 1. The van der Waals surface area contributed by atoms with Crippen LogP contribution >= 0.6 is 0 Å². The predicted octanol–water partition coefficient (Wildman–Crippen LogP) is 1.86. The summed E-state index contributed by atoms with van der Waals surface area (Å²) in [6, 6.07) is 4.93. The van der Waals surface area contributed by atoms with Gasteiger partial charge in [-0.1, -0.05) is 5.16 Å². The third kappa shape index (κ3) is 2.55. The van der Waals surface area contributed by atoms with Gasteiger partial charge in [0.2, 0.25) is 0 Å². The van der Waals surface area contributed by atoms with Crippen LogP contribution in [0.15, 0.2) is 23.4 Å². The van der Waals surface area contributed by atoms with Gasteiger partial charge in [-0.25, -0.2) is 4.39 Å². The highest BCUT2D eigenvalue weighted by Gasteiger charge is 2.14. The summed E-state index contributed by atoms with van der Waals surface area (Å²) in [6.07, 6.45) is 0. The fraction of sp³-hybridized carbons (Fsp3) is 0.417. The molecule has 0 saturated carbocycles. The van der Waals surface area contributed by atoms with Crippen LogP contribution in [0.5, 0.6) is 0 Å². The summed E-state index contributed by atoms with van der Waals surface area (Å²) in [5.74, 6) is -0.371. The molecule has 0 radical (unpaired) electrons. The van der Waals surface area contributed by atoms with E-state index in [-0.39, 0.29) is 11.5 Å². The molecule has 0 unspecified atom stereocenters. The number of hydrogen-bond donors (Lipinski definition) is 1. The molecule has 0 aromatic heterocycles. The minimum Gasteiger partial charge on any atom is -0.411 e. The number of morpholine rings is 1. The number of rotatable bonds is 2. The van der Waals surface area contributed by atoms with Crippen molar-refractivity contribution in [3.63, 3.8) is 0 Å². The van der Waals surface area contributed by atoms with Crippen molar-refractivity contribution in [2.45, 2.75) is 6.92 Å². The van der Waals surface area contributed by atoms with E-state index in [0.717, 1.165) is 18.8 Å². The second kappa shape index (κ2) is 5.14. The first-order valence-electron chi connectivity index (χ1n) is 5.53. The van der Waals surface area contributed by atoms with Crippen molar-refractivity contribution in [3.8, 4) is 0 Å². The van der Waals surface area contributed by atoms with Crippen LogP contribution in [0.25, 0.3) is 0 Å². The van der Waals surface area contributed by atoms with Gasteiger partial charge >= 0.3 is 0 Å². The average Bonchev–Trinajstić information content (AvgIpc) is 2.39. The lowest BCUT2D eigenvalue weighted by atomic mass is 10.1. The Bertz CT molecular complexity index is 429. The molecule has 1 aromatic carbocycles. The molecule has 1 aromatic rings. The second-order valence-corrected chi connectivity index (χ2v) is 3.95. The van der Waals surface area contributed by atoms with Crippen molar-refractivity contribution in [3.05, 3.63) is 29.6 Å². The van der Waals surface area contributed by atoms with Crippen LogP contribution < -0.4 is 4.90 Å². The van der Waals surface area contributed by atoms with Gasteiger partial charge in [0.25, 0.3) is 0 Å². The molecule has 1 fully saturated rings. The average molecular weight is 238 g/mol. The summed E-state index contributed by atoms with van der Waals surface area (Å²) in [5.41, 5.74) is 1.43. The van der Waals surface area contributed by atoms with Crippen molar-refractivity contribution < 1.29 is 14.3 Å². The monoisotopic (exact) mass is 238 g/mol.